The van der Waals surface area contributed by atoms with Gasteiger partial charge in [0.15, 0.2) is 0 Å². The summed E-state index contributed by atoms with van der Waals surface area (Å²) in [6, 6.07) is 4.32. The van der Waals surface area contributed by atoms with Crippen molar-refractivity contribution in [3.63, 3.8) is 0 Å². The average molecular weight is 244 g/mol. The number of nitrogens with one attached hydrogen (secondary N) is 1. The van der Waals surface area contributed by atoms with Crippen LogP contribution in [0.15, 0.2) is 18.2 Å². The molecule has 96 valence electrons. The molecule has 0 aliphatic carbocycles. The van der Waals surface area contributed by atoms with Gasteiger partial charge < -0.3 is 16.2 Å². The standard InChI is InChI=1S/C12H18F2N2O/c1-3-12(2,7-17)16-10-5-4-8(15)6-9(10)11(13)14/h4-6,11,16-17H,3,7,15H2,1-2H3. The summed E-state index contributed by atoms with van der Waals surface area (Å²) in [6.45, 7) is 3.53. The van der Waals surface area contributed by atoms with Gasteiger partial charge in [-0.25, -0.2) is 8.78 Å². The maximum Gasteiger partial charge on any atom is 0.265 e. The Labute approximate surface area is 99.6 Å². The molecule has 1 atom stereocenters. The Bertz CT molecular complexity index is 379. The molecule has 1 unspecified atom stereocenters. The fourth-order valence-corrected chi connectivity index (χ4v) is 1.44. The van der Waals surface area contributed by atoms with Crippen LogP contribution in [0.25, 0.3) is 0 Å². The molecule has 0 aliphatic heterocycles. The minimum atomic E-state index is -2.60. The summed E-state index contributed by atoms with van der Waals surface area (Å²) in [5.74, 6) is 0. The van der Waals surface area contributed by atoms with Crippen LogP contribution in [0.3, 0.4) is 0 Å². The number of halogens is 2. The minimum Gasteiger partial charge on any atom is -0.399 e. The molecule has 1 rings (SSSR count). The number of nitrogen functional groups attached to an aromatic ring is 1. The molecule has 4 N–H and O–H groups in total. The van der Waals surface area contributed by atoms with Gasteiger partial charge in [-0.15, -0.1) is 0 Å². The monoisotopic (exact) mass is 244 g/mol. The van der Waals surface area contributed by atoms with E-state index in [1.54, 1.807) is 13.0 Å². The first-order chi connectivity index (χ1) is 7.91. The first-order valence-electron chi connectivity index (χ1n) is 5.48. The van der Waals surface area contributed by atoms with E-state index < -0.39 is 12.0 Å². The third kappa shape index (κ3) is 3.30. The Kier molecular flexibility index (Phi) is 4.28. The summed E-state index contributed by atoms with van der Waals surface area (Å²) in [4.78, 5) is 0. The van der Waals surface area contributed by atoms with Gasteiger partial charge in [0.05, 0.1) is 12.1 Å². The lowest BCUT2D eigenvalue weighted by Crippen LogP contribution is -2.38. The Hall–Kier alpha value is -1.36. The molecule has 0 amide bonds. The lowest BCUT2D eigenvalue weighted by Gasteiger charge is -2.29. The van der Waals surface area contributed by atoms with E-state index in [0.717, 1.165) is 0 Å². The number of alkyl halides is 2. The minimum absolute atomic E-state index is 0.128. The Balaban J connectivity index is 3.05. The normalized spacial score (nSPS) is 14.7. The van der Waals surface area contributed by atoms with Crippen molar-refractivity contribution in [1.29, 1.82) is 0 Å². The van der Waals surface area contributed by atoms with Crippen LogP contribution in [0, 0.1) is 0 Å². The van der Waals surface area contributed by atoms with Crippen molar-refractivity contribution in [1.82, 2.24) is 0 Å². The van der Waals surface area contributed by atoms with Crippen molar-refractivity contribution < 1.29 is 13.9 Å². The van der Waals surface area contributed by atoms with Gasteiger partial charge in [0.1, 0.15) is 0 Å². The fraction of sp³-hybridized carbons (Fsp3) is 0.500. The van der Waals surface area contributed by atoms with Gasteiger partial charge in [0.2, 0.25) is 0 Å². The lowest BCUT2D eigenvalue weighted by molar-refractivity contribution is 0.151. The van der Waals surface area contributed by atoms with Crippen molar-refractivity contribution >= 4 is 11.4 Å². The molecule has 1 aromatic carbocycles. The smallest absolute Gasteiger partial charge is 0.265 e. The summed E-state index contributed by atoms with van der Waals surface area (Å²) in [5, 5.41) is 12.2. The molecule has 0 bridgehead atoms. The van der Waals surface area contributed by atoms with Crippen LogP contribution in [0.1, 0.15) is 32.3 Å². The van der Waals surface area contributed by atoms with Gasteiger partial charge in [-0.1, -0.05) is 6.92 Å². The van der Waals surface area contributed by atoms with E-state index >= 15 is 0 Å². The van der Waals surface area contributed by atoms with Gasteiger partial charge in [-0.05, 0) is 31.5 Å². The highest BCUT2D eigenvalue weighted by Crippen LogP contribution is 2.31. The molecule has 0 saturated heterocycles. The van der Waals surface area contributed by atoms with Crippen molar-refractivity contribution in [2.75, 3.05) is 17.7 Å². The highest BCUT2D eigenvalue weighted by Gasteiger charge is 2.23. The second-order valence-corrected chi connectivity index (χ2v) is 4.34. The van der Waals surface area contributed by atoms with E-state index in [9.17, 15) is 13.9 Å². The van der Waals surface area contributed by atoms with Crippen LogP contribution in [0.2, 0.25) is 0 Å². The van der Waals surface area contributed by atoms with Gasteiger partial charge >= 0.3 is 0 Å². The third-order valence-corrected chi connectivity index (χ3v) is 2.88. The van der Waals surface area contributed by atoms with Crippen molar-refractivity contribution in [3.05, 3.63) is 23.8 Å². The van der Waals surface area contributed by atoms with Crippen molar-refractivity contribution in [3.8, 4) is 0 Å². The molecule has 1 aromatic rings. The zero-order chi connectivity index (χ0) is 13.1. The van der Waals surface area contributed by atoms with Crippen LogP contribution in [0.5, 0.6) is 0 Å². The SMILES string of the molecule is CCC(C)(CO)Nc1ccc(N)cc1C(F)F. The molecule has 0 heterocycles. The maximum atomic E-state index is 12.8. The zero-order valence-electron chi connectivity index (χ0n) is 10.0. The first-order valence-corrected chi connectivity index (χ1v) is 5.48. The number of nitrogens with two attached hydrogens (primary N) is 1. The highest BCUT2D eigenvalue weighted by molar-refractivity contribution is 5.59. The molecule has 0 saturated carbocycles. The predicted octanol–water partition coefficient (Wildman–Crippen LogP) is 2.78. The van der Waals surface area contributed by atoms with Gasteiger partial charge in [0.25, 0.3) is 6.43 Å². The Morgan fingerprint density at radius 3 is 2.59 bits per heavy atom. The van der Waals surface area contributed by atoms with Gasteiger partial charge in [-0.2, -0.15) is 0 Å². The van der Waals surface area contributed by atoms with Crippen LogP contribution in [-0.4, -0.2) is 17.3 Å². The predicted molar refractivity (Wildman–Crippen MR) is 65.2 cm³/mol. The number of aliphatic hydroxyl groups excluding tert-OH is 1. The molecule has 0 fully saturated rings. The molecule has 0 radical (unpaired) electrons. The average Bonchev–Trinajstić information content (AvgIpc) is 2.31. The molecule has 5 heteroatoms. The number of benzene rings is 1. The number of hydrogen-bond acceptors (Lipinski definition) is 3. The van der Waals surface area contributed by atoms with Crippen LogP contribution >= 0.6 is 0 Å². The summed E-state index contributed by atoms with van der Waals surface area (Å²) >= 11 is 0. The quantitative estimate of drug-likeness (QED) is 0.698. The van der Waals surface area contributed by atoms with E-state index in [0.29, 0.717) is 17.8 Å². The fourth-order valence-electron chi connectivity index (χ4n) is 1.44. The van der Waals surface area contributed by atoms with Crippen molar-refractivity contribution in [2.45, 2.75) is 32.2 Å². The molecule has 17 heavy (non-hydrogen) atoms. The first kappa shape index (κ1) is 13.7. The molecule has 3 nitrogen and oxygen atoms in total. The van der Waals surface area contributed by atoms with E-state index in [2.05, 4.69) is 5.32 Å². The third-order valence-electron chi connectivity index (χ3n) is 2.88. The topological polar surface area (TPSA) is 58.3 Å². The van der Waals surface area contributed by atoms with Gasteiger partial charge in [0, 0.05) is 16.9 Å². The van der Waals surface area contributed by atoms with Crippen molar-refractivity contribution in [2.24, 2.45) is 0 Å². The molecular weight excluding hydrogens is 226 g/mol. The molecular formula is C12H18F2N2O. The summed E-state index contributed by atoms with van der Waals surface area (Å²) in [7, 11) is 0. The second-order valence-electron chi connectivity index (χ2n) is 4.34. The number of rotatable bonds is 5. The molecule has 0 aromatic heterocycles. The van der Waals surface area contributed by atoms with Crippen LogP contribution in [0.4, 0.5) is 20.2 Å². The Morgan fingerprint density at radius 2 is 2.12 bits per heavy atom. The highest BCUT2D eigenvalue weighted by atomic mass is 19.3. The zero-order valence-corrected chi connectivity index (χ0v) is 10.0. The largest absolute Gasteiger partial charge is 0.399 e. The van der Waals surface area contributed by atoms with E-state index in [4.69, 9.17) is 5.73 Å². The summed E-state index contributed by atoms with van der Waals surface area (Å²) in [6.07, 6.45) is -1.97. The number of anilines is 2. The van der Waals surface area contributed by atoms with Crippen LogP contribution in [-0.2, 0) is 0 Å². The Morgan fingerprint density at radius 1 is 1.47 bits per heavy atom. The molecule has 0 spiro atoms. The molecule has 0 aliphatic rings. The van der Waals surface area contributed by atoms with Crippen LogP contribution < -0.4 is 11.1 Å². The number of aliphatic hydroxyl groups is 1. The second kappa shape index (κ2) is 5.31. The van der Waals surface area contributed by atoms with E-state index in [1.807, 2.05) is 6.92 Å². The summed E-state index contributed by atoms with van der Waals surface area (Å²) in [5.41, 5.74) is 5.34. The van der Waals surface area contributed by atoms with E-state index in [-0.39, 0.29) is 12.2 Å². The summed E-state index contributed by atoms with van der Waals surface area (Å²) < 4.78 is 25.7. The van der Waals surface area contributed by atoms with Gasteiger partial charge in [-0.3, -0.25) is 0 Å². The number of hydrogen-bond donors (Lipinski definition) is 3. The lowest BCUT2D eigenvalue weighted by atomic mass is 9.99. The van der Waals surface area contributed by atoms with E-state index in [1.165, 1.54) is 12.1 Å². The maximum absolute atomic E-state index is 12.8.